The van der Waals surface area contributed by atoms with E-state index in [1.165, 1.54) is 11.3 Å². The Morgan fingerprint density at radius 1 is 1.00 bits per heavy atom. The summed E-state index contributed by atoms with van der Waals surface area (Å²) >= 11 is 1.35. The Hall–Kier alpha value is -3.32. The molecule has 0 bridgehead atoms. The fourth-order valence-electron chi connectivity index (χ4n) is 2.92. The van der Waals surface area contributed by atoms with Crippen LogP contribution < -0.4 is 20.1 Å². The second-order valence-electron chi connectivity index (χ2n) is 6.28. The maximum atomic E-state index is 12.8. The minimum absolute atomic E-state index is 0.205. The Morgan fingerprint density at radius 2 is 1.82 bits per heavy atom. The molecule has 7 heteroatoms. The van der Waals surface area contributed by atoms with Gasteiger partial charge < -0.3 is 20.1 Å². The van der Waals surface area contributed by atoms with E-state index in [-0.39, 0.29) is 24.6 Å². The van der Waals surface area contributed by atoms with Crippen LogP contribution >= 0.6 is 11.3 Å². The van der Waals surface area contributed by atoms with Gasteiger partial charge in [0.05, 0.1) is 22.2 Å². The van der Waals surface area contributed by atoms with Gasteiger partial charge in [-0.15, -0.1) is 11.3 Å². The van der Waals surface area contributed by atoms with E-state index >= 15 is 0 Å². The number of thiophene rings is 1. The number of benzene rings is 2. The van der Waals surface area contributed by atoms with Crippen molar-refractivity contribution in [2.45, 2.75) is 13.0 Å². The second-order valence-corrected chi connectivity index (χ2v) is 7.23. The smallest absolute Gasteiger partial charge is 0.265 e. The molecule has 1 unspecified atom stereocenters. The molecule has 3 aromatic rings. The molecule has 2 heterocycles. The summed E-state index contributed by atoms with van der Waals surface area (Å²) in [5, 5.41) is 7.62. The molecule has 0 saturated heterocycles. The molecule has 0 spiro atoms. The zero-order valence-electron chi connectivity index (χ0n) is 15.1. The minimum Gasteiger partial charge on any atom is -0.454 e. The highest BCUT2D eigenvalue weighted by atomic mass is 32.1. The maximum Gasteiger partial charge on any atom is 0.265 e. The van der Waals surface area contributed by atoms with Gasteiger partial charge in [0.1, 0.15) is 0 Å². The molecule has 6 nitrogen and oxygen atoms in total. The van der Waals surface area contributed by atoms with Gasteiger partial charge in [0, 0.05) is 0 Å². The molecule has 1 aliphatic rings. The highest BCUT2D eigenvalue weighted by Gasteiger charge is 2.19. The fourth-order valence-corrected chi connectivity index (χ4v) is 3.54. The van der Waals surface area contributed by atoms with E-state index in [0.29, 0.717) is 27.6 Å². The number of ether oxygens (including phenoxy) is 2. The number of fused-ring (bicyclic) bond motifs is 1. The van der Waals surface area contributed by atoms with Gasteiger partial charge in [0.2, 0.25) is 6.79 Å². The molecule has 4 rings (SSSR count). The van der Waals surface area contributed by atoms with Crippen molar-refractivity contribution in [1.29, 1.82) is 0 Å². The lowest BCUT2D eigenvalue weighted by Crippen LogP contribution is -2.28. The van der Waals surface area contributed by atoms with Crippen molar-refractivity contribution in [3.8, 4) is 11.5 Å². The molecular weight excluding hydrogens is 376 g/mol. The summed E-state index contributed by atoms with van der Waals surface area (Å²) in [6.45, 7) is 2.10. The van der Waals surface area contributed by atoms with Crippen LogP contribution in [0.25, 0.3) is 0 Å². The third-order valence-electron chi connectivity index (χ3n) is 4.41. The summed E-state index contributed by atoms with van der Waals surface area (Å²) in [4.78, 5) is 25.8. The SMILES string of the molecule is CC(NC(=O)c1ccccc1NC(=O)c1cccs1)c1ccc2c(c1)OCO2. The molecule has 0 fully saturated rings. The van der Waals surface area contributed by atoms with Crippen LogP contribution in [-0.4, -0.2) is 18.6 Å². The van der Waals surface area contributed by atoms with Gasteiger partial charge in [0.25, 0.3) is 11.8 Å². The maximum absolute atomic E-state index is 12.8. The van der Waals surface area contributed by atoms with Gasteiger partial charge in [-0.05, 0) is 48.2 Å². The lowest BCUT2D eigenvalue weighted by Gasteiger charge is -2.16. The molecule has 142 valence electrons. The van der Waals surface area contributed by atoms with Crippen molar-refractivity contribution in [3.05, 3.63) is 76.0 Å². The molecule has 2 amide bonds. The van der Waals surface area contributed by atoms with Gasteiger partial charge >= 0.3 is 0 Å². The second kappa shape index (κ2) is 7.74. The Labute approximate surface area is 166 Å². The third kappa shape index (κ3) is 3.70. The van der Waals surface area contributed by atoms with Gasteiger partial charge in [0.15, 0.2) is 11.5 Å². The average molecular weight is 394 g/mol. The Balaban J connectivity index is 1.49. The van der Waals surface area contributed by atoms with E-state index in [1.54, 1.807) is 30.3 Å². The number of amides is 2. The first-order chi connectivity index (χ1) is 13.6. The van der Waals surface area contributed by atoms with Crippen molar-refractivity contribution in [2.24, 2.45) is 0 Å². The van der Waals surface area contributed by atoms with Crippen molar-refractivity contribution in [3.63, 3.8) is 0 Å². The van der Waals surface area contributed by atoms with Crippen LogP contribution in [0.4, 0.5) is 5.69 Å². The van der Waals surface area contributed by atoms with E-state index in [1.807, 2.05) is 36.6 Å². The zero-order chi connectivity index (χ0) is 19.5. The lowest BCUT2D eigenvalue weighted by atomic mass is 10.1. The Bertz CT molecular complexity index is 1020. The summed E-state index contributed by atoms with van der Waals surface area (Å²) in [5.74, 6) is 0.859. The molecule has 1 aromatic heterocycles. The highest BCUT2D eigenvalue weighted by Crippen LogP contribution is 2.34. The number of carbonyl (C=O) groups excluding carboxylic acids is 2. The van der Waals surface area contributed by atoms with Crippen LogP contribution in [0.15, 0.2) is 60.0 Å². The van der Waals surface area contributed by atoms with E-state index in [2.05, 4.69) is 10.6 Å². The van der Waals surface area contributed by atoms with E-state index in [0.717, 1.165) is 5.56 Å². The Morgan fingerprint density at radius 3 is 2.64 bits per heavy atom. The molecule has 0 radical (unpaired) electrons. The minimum atomic E-state index is -0.271. The van der Waals surface area contributed by atoms with Crippen LogP contribution in [0.1, 0.15) is 38.6 Å². The summed E-state index contributed by atoms with van der Waals surface area (Å²) in [7, 11) is 0. The van der Waals surface area contributed by atoms with Gasteiger partial charge in [-0.1, -0.05) is 24.3 Å². The van der Waals surface area contributed by atoms with Crippen LogP contribution in [0.2, 0.25) is 0 Å². The molecule has 1 atom stereocenters. The quantitative estimate of drug-likeness (QED) is 0.679. The van der Waals surface area contributed by atoms with Crippen molar-refractivity contribution in [1.82, 2.24) is 5.32 Å². The summed E-state index contributed by atoms with van der Waals surface area (Å²) in [6.07, 6.45) is 0. The molecule has 2 N–H and O–H groups in total. The summed E-state index contributed by atoms with van der Waals surface area (Å²) in [6, 6.07) is 15.8. The lowest BCUT2D eigenvalue weighted by molar-refractivity contribution is 0.0940. The van der Waals surface area contributed by atoms with Crippen LogP contribution in [0.3, 0.4) is 0 Å². The summed E-state index contributed by atoms with van der Waals surface area (Å²) < 4.78 is 10.7. The zero-order valence-corrected chi connectivity index (χ0v) is 15.9. The number of anilines is 1. The molecule has 28 heavy (non-hydrogen) atoms. The molecule has 0 saturated carbocycles. The first-order valence-corrected chi connectivity index (χ1v) is 9.64. The van der Waals surface area contributed by atoms with Crippen LogP contribution in [-0.2, 0) is 0 Å². The first-order valence-electron chi connectivity index (χ1n) is 8.76. The van der Waals surface area contributed by atoms with Gasteiger partial charge in [-0.3, -0.25) is 9.59 Å². The number of nitrogens with one attached hydrogen (secondary N) is 2. The van der Waals surface area contributed by atoms with Gasteiger partial charge in [-0.25, -0.2) is 0 Å². The number of rotatable bonds is 5. The third-order valence-corrected chi connectivity index (χ3v) is 5.28. The number of hydrogen-bond acceptors (Lipinski definition) is 5. The fraction of sp³-hybridized carbons (Fsp3) is 0.143. The predicted octanol–water partition coefficient (Wildman–Crippen LogP) is 4.22. The van der Waals surface area contributed by atoms with Crippen molar-refractivity contribution >= 4 is 28.8 Å². The standard InChI is InChI=1S/C21H18N2O4S/c1-13(14-8-9-17-18(11-14)27-12-26-17)22-20(24)15-5-2-3-6-16(15)23-21(25)19-7-4-10-28-19/h2-11,13H,12H2,1H3,(H,22,24)(H,23,25). The number of carbonyl (C=O) groups is 2. The monoisotopic (exact) mass is 394 g/mol. The molecule has 2 aromatic carbocycles. The van der Waals surface area contributed by atoms with E-state index < -0.39 is 0 Å². The number of hydrogen-bond donors (Lipinski definition) is 2. The molecule has 0 aliphatic carbocycles. The predicted molar refractivity (Wildman–Crippen MR) is 107 cm³/mol. The van der Waals surface area contributed by atoms with Crippen LogP contribution in [0.5, 0.6) is 11.5 Å². The normalized spacial score (nSPS) is 13.0. The van der Waals surface area contributed by atoms with Crippen molar-refractivity contribution < 1.29 is 19.1 Å². The molecular formula is C21H18N2O4S. The van der Waals surface area contributed by atoms with E-state index in [4.69, 9.17) is 9.47 Å². The highest BCUT2D eigenvalue weighted by molar-refractivity contribution is 7.12. The van der Waals surface area contributed by atoms with Crippen molar-refractivity contribution in [2.75, 3.05) is 12.1 Å². The van der Waals surface area contributed by atoms with Crippen LogP contribution in [0, 0.1) is 0 Å². The Kier molecular flexibility index (Phi) is 4.99. The van der Waals surface area contributed by atoms with Gasteiger partial charge in [-0.2, -0.15) is 0 Å². The first kappa shape index (κ1) is 18.1. The largest absolute Gasteiger partial charge is 0.454 e. The number of para-hydroxylation sites is 1. The molecule has 1 aliphatic heterocycles. The average Bonchev–Trinajstić information content (AvgIpc) is 3.39. The van der Waals surface area contributed by atoms with E-state index in [9.17, 15) is 9.59 Å². The summed E-state index contributed by atoms with van der Waals surface area (Å²) in [5.41, 5.74) is 1.77. The topological polar surface area (TPSA) is 76.7 Å².